The normalized spacial score (nSPS) is 17.1. The van der Waals surface area contributed by atoms with Gasteiger partial charge in [0.2, 0.25) is 28.9 Å². The molecule has 0 aromatic heterocycles. The summed E-state index contributed by atoms with van der Waals surface area (Å²) in [5.41, 5.74) is 15.5. The summed E-state index contributed by atoms with van der Waals surface area (Å²) in [6.07, 6.45) is 11.0. The second kappa shape index (κ2) is 23.0. The van der Waals surface area contributed by atoms with Gasteiger partial charge in [0.15, 0.2) is 0 Å². The van der Waals surface area contributed by atoms with Crippen LogP contribution in [0.5, 0.6) is 0 Å². The van der Waals surface area contributed by atoms with Crippen LogP contribution >= 0.6 is 0 Å². The molecule has 0 aliphatic heterocycles. The summed E-state index contributed by atoms with van der Waals surface area (Å²) in [5.74, 6) is -1.04. The Balaban J connectivity index is 1.42. The number of hydrogen-bond donors (Lipinski definition) is 3. The summed E-state index contributed by atoms with van der Waals surface area (Å²) in [4.78, 5) is 30.8. The maximum atomic E-state index is 15.0. The molecule has 7 rings (SSSR count). The third-order valence-corrected chi connectivity index (χ3v) is 14.3. The van der Waals surface area contributed by atoms with Crippen LogP contribution in [0.15, 0.2) is 138 Å². The lowest BCUT2D eigenvalue weighted by Gasteiger charge is -2.41. The average Bonchev–Trinajstić information content (AvgIpc) is 3.33. The number of amides is 2. The van der Waals surface area contributed by atoms with E-state index in [4.69, 9.17) is 0 Å². The fraction of sp³-hybridized carbons (Fsp3) is 0.349. The van der Waals surface area contributed by atoms with E-state index >= 15 is 5.11 Å². The van der Waals surface area contributed by atoms with Crippen molar-refractivity contribution < 1.29 is 19.8 Å². The molecule has 0 fully saturated rings. The molecule has 0 saturated carbocycles. The molecule has 2 amide bonds. The minimum Gasteiger partial charge on any atom is -0.872 e. The molecular formula is C63H74N4O4. The molecule has 2 aliphatic rings. The van der Waals surface area contributed by atoms with Crippen molar-refractivity contribution in [3.8, 4) is 0 Å². The highest BCUT2D eigenvalue weighted by molar-refractivity contribution is 6.11. The zero-order valence-electron chi connectivity index (χ0n) is 43.9. The Morgan fingerprint density at radius 3 is 1.69 bits per heavy atom. The van der Waals surface area contributed by atoms with E-state index in [-0.39, 0.29) is 40.6 Å². The molecule has 71 heavy (non-hydrogen) atoms. The molecule has 3 N–H and O–H groups in total. The molecule has 370 valence electrons. The molecule has 0 radical (unpaired) electrons. The Bertz CT molecular complexity index is 2920. The van der Waals surface area contributed by atoms with E-state index in [0.29, 0.717) is 35.4 Å². The molecule has 5 aromatic carbocycles. The lowest BCUT2D eigenvalue weighted by atomic mass is 9.77. The molecule has 0 heterocycles. The summed E-state index contributed by atoms with van der Waals surface area (Å²) in [5, 5.41) is 34.0. The van der Waals surface area contributed by atoms with Gasteiger partial charge in [0.25, 0.3) is 0 Å². The van der Waals surface area contributed by atoms with Crippen molar-refractivity contribution in [2.75, 3.05) is 10.2 Å². The second-order valence-corrected chi connectivity index (χ2v) is 19.9. The molecule has 8 heteroatoms. The van der Waals surface area contributed by atoms with Gasteiger partial charge in [-0.25, -0.2) is 0 Å². The summed E-state index contributed by atoms with van der Waals surface area (Å²) >= 11 is 0. The Kier molecular flexibility index (Phi) is 16.8. The Labute approximate surface area is 423 Å². The van der Waals surface area contributed by atoms with Crippen molar-refractivity contribution >= 4 is 57.2 Å². The van der Waals surface area contributed by atoms with Gasteiger partial charge in [-0.15, -0.1) is 0 Å². The largest absolute Gasteiger partial charge is 0.872 e. The predicted molar refractivity (Wildman–Crippen MR) is 294 cm³/mol. The van der Waals surface area contributed by atoms with E-state index in [1.165, 1.54) is 0 Å². The van der Waals surface area contributed by atoms with Crippen LogP contribution in [0.3, 0.4) is 0 Å². The summed E-state index contributed by atoms with van der Waals surface area (Å²) in [6, 6.07) is 33.3. The van der Waals surface area contributed by atoms with Gasteiger partial charge in [-0.2, -0.15) is 4.58 Å². The first-order valence-corrected chi connectivity index (χ1v) is 25.8. The summed E-state index contributed by atoms with van der Waals surface area (Å²) in [7, 11) is 0. The topological polar surface area (TPSA) is 108 Å². The Morgan fingerprint density at radius 1 is 0.634 bits per heavy atom. The highest BCUT2D eigenvalue weighted by Gasteiger charge is 2.36. The fourth-order valence-electron chi connectivity index (χ4n) is 10.1. The van der Waals surface area contributed by atoms with Gasteiger partial charge < -0.3 is 25.7 Å². The van der Waals surface area contributed by atoms with E-state index in [1.807, 2.05) is 50.3 Å². The van der Waals surface area contributed by atoms with E-state index in [1.54, 1.807) is 0 Å². The molecule has 8 nitrogen and oxygen atoms in total. The zero-order valence-corrected chi connectivity index (χ0v) is 43.9. The average molecular weight is 951 g/mol. The van der Waals surface area contributed by atoms with Crippen molar-refractivity contribution in [3.63, 3.8) is 0 Å². The number of aliphatic hydroxyl groups is 1. The number of hydrogen-bond acceptors (Lipinski definition) is 5. The molecule has 3 atom stereocenters. The number of allylic oxidation sites excluding steroid dienone is 3. The van der Waals surface area contributed by atoms with Crippen LogP contribution in [-0.2, 0) is 9.59 Å². The standard InChI is InChI=1S/C63H74N4O4/c1-12-16-18-46(14-3)62(70)64-53-37-49(66(48-25-20-39(5)21-26-48)55-31-22-40(6)34-43(55)9)27-29-51(53)58-60(68)59(61(58)69)52-30-28-50(38-54(52)65-63(71)47(15-4)19-17-13-2)67(56-32-23-41(7)35-44(56)10)57-33-24-42(8)36-45(57)11/h20-38,46-47,60,68H,12-19H2,1-11H3,(H2,64,65,69,70,71). The number of aryl methyl sites for hydroxylation is 7. The number of nitrogens with zero attached hydrogens (tertiary/aromatic N) is 2. The van der Waals surface area contributed by atoms with Crippen LogP contribution in [0.2, 0.25) is 0 Å². The van der Waals surface area contributed by atoms with Crippen molar-refractivity contribution in [2.45, 2.75) is 134 Å². The van der Waals surface area contributed by atoms with Gasteiger partial charge in [-0.1, -0.05) is 130 Å². The zero-order chi connectivity index (χ0) is 51.1. The molecule has 2 aliphatic carbocycles. The quantitative estimate of drug-likeness (QED) is 0.0759. The van der Waals surface area contributed by atoms with Crippen LogP contribution in [0.25, 0.3) is 5.57 Å². The van der Waals surface area contributed by atoms with Gasteiger partial charge in [0, 0.05) is 75.9 Å². The van der Waals surface area contributed by atoms with Crippen molar-refractivity contribution in [1.82, 2.24) is 9.89 Å². The molecular weight excluding hydrogens is 877 g/mol. The maximum Gasteiger partial charge on any atom is 0.227 e. The number of nitrogens with one attached hydrogen (secondary N) is 2. The molecule has 0 spiro atoms. The van der Waals surface area contributed by atoms with Crippen LogP contribution < -0.4 is 25.2 Å². The van der Waals surface area contributed by atoms with Crippen molar-refractivity contribution in [3.05, 3.63) is 182 Å². The number of carbonyl (C=O) groups is 2. The van der Waals surface area contributed by atoms with E-state index in [2.05, 4.69) is 161 Å². The van der Waals surface area contributed by atoms with Crippen molar-refractivity contribution in [2.24, 2.45) is 11.8 Å². The summed E-state index contributed by atoms with van der Waals surface area (Å²) < 4.78 is 2.17. The van der Waals surface area contributed by atoms with E-state index in [9.17, 15) is 14.7 Å². The minimum atomic E-state index is -1.31. The van der Waals surface area contributed by atoms with Gasteiger partial charge in [0.1, 0.15) is 6.10 Å². The monoisotopic (exact) mass is 951 g/mol. The minimum absolute atomic E-state index is 0.119. The number of rotatable bonds is 18. The first-order valence-electron chi connectivity index (χ1n) is 25.8. The number of aliphatic hydroxyl groups excluding tert-OH is 1. The van der Waals surface area contributed by atoms with Crippen LogP contribution in [0.4, 0.5) is 34.1 Å². The van der Waals surface area contributed by atoms with Gasteiger partial charge in [-0.05, 0) is 133 Å². The third kappa shape index (κ3) is 11.4. The van der Waals surface area contributed by atoms with Gasteiger partial charge in [0.05, 0.1) is 11.4 Å². The second-order valence-electron chi connectivity index (χ2n) is 19.9. The summed E-state index contributed by atoms with van der Waals surface area (Å²) in [6.45, 7) is 22.9. The Hall–Kier alpha value is -6.77. The fourth-order valence-corrected chi connectivity index (χ4v) is 10.1. The third-order valence-electron chi connectivity index (χ3n) is 14.3. The SMILES string of the molecule is CCCCC(CC)C(=O)NC1=CC(=[N+](c2ccc(C)cc2)c2ccc(C)cc2C)C=C/C1=C1/C([O-])=C(c2ccc(N(c3ccc(C)cc3C)c3ccc(C)cc3C)cc2NC(=O)C(CC)CCCC)C1O. The lowest BCUT2D eigenvalue weighted by Crippen LogP contribution is -2.38. The molecule has 0 bridgehead atoms. The van der Waals surface area contributed by atoms with E-state index < -0.39 is 6.10 Å². The highest BCUT2D eigenvalue weighted by Crippen LogP contribution is 2.47. The molecule has 0 saturated heterocycles. The predicted octanol–water partition coefficient (Wildman–Crippen LogP) is 14.0. The van der Waals surface area contributed by atoms with Crippen LogP contribution in [-0.4, -0.2) is 28.7 Å². The molecule has 5 aromatic rings. The number of benzene rings is 5. The Morgan fingerprint density at radius 2 is 1.17 bits per heavy atom. The first-order chi connectivity index (χ1) is 34.1. The van der Waals surface area contributed by atoms with Gasteiger partial charge >= 0.3 is 0 Å². The number of carbonyl (C=O) groups excluding carboxylic acids is 2. The van der Waals surface area contributed by atoms with E-state index in [0.717, 1.165) is 112 Å². The van der Waals surface area contributed by atoms with Crippen LogP contribution in [0.1, 0.15) is 124 Å². The first kappa shape index (κ1) is 52.1. The highest BCUT2D eigenvalue weighted by atomic mass is 16.3. The smallest absolute Gasteiger partial charge is 0.227 e. The number of anilines is 4. The number of unbranched alkanes of at least 4 members (excludes halogenated alkanes) is 2. The van der Waals surface area contributed by atoms with Crippen molar-refractivity contribution in [1.29, 1.82) is 0 Å². The van der Waals surface area contributed by atoms with Crippen LogP contribution in [0, 0.1) is 60.3 Å². The van der Waals surface area contributed by atoms with Gasteiger partial charge in [-0.3, -0.25) is 9.59 Å². The molecule has 3 unspecified atom stereocenters. The lowest BCUT2D eigenvalue weighted by molar-refractivity contribution is -0.302. The maximum absolute atomic E-state index is 15.0.